The maximum Gasteiger partial charge on any atom is 0.193 e. The van der Waals surface area contributed by atoms with Gasteiger partial charge in [0.05, 0.1) is 0 Å². The van der Waals surface area contributed by atoms with Gasteiger partial charge in [-0.25, -0.2) is 4.39 Å². The molecule has 1 saturated heterocycles. The Morgan fingerprint density at radius 2 is 1.85 bits per heavy atom. The van der Waals surface area contributed by atoms with E-state index >= 15 is 0 Å². The topological polar surface area (TPSA) is 27.6 Å². The molecule has 1 N–H and O–H groups in total. The van der Waals surface area contributed by atoms with E-state index in [2.05, 4.69) is 29.1 Å². The summed E-state index contributed by atoms with van der Waals surface area (Å²) in [7, 11) is 1.82. The Hall–Kier alpha value is -1.58. The van der Waals surface area contributed by atoms with Crippen LogP contribution in [0, 0.1) is 17.7 Å². The Balaban J connectivity index is 1.94. The van der Waals surface area contributed by atoms with Crippen LogP contribution in [-0.4, -0.2) is 31.0 Å². The van der Waals surface area contributed by atoms with Gasteiger partial charge in [0.2, 0.25) is 0 Å². The van der Waals surface area contributed by atoms with Crippen LogP contribution >= 0.6 is 0 Å². The normalized spacial score (nSPS) is 23.8. The standard InChI is InChI=1S/C16H24FN3/c1-12-8-13(2)11-20(10-12)16(18-3)19-9-14-4-6-15(17)7-5-14/h4-7,12-13H,8-11H2,1-3H3,(H,18,19). The van der Waals surface area contributed by atoms with Crippen molar-refractivity contribution in [2.75, 3.05) is 20.1 Å². The molecule has 2 atom stereocenters. The zero-order valence-electron chi connectivity index (χ0n) is 12.6. The summed E-state index contributed by atoms with van der Waals surface area (Å²) >= 11 is 0. The number of rotatable bonds is 2. The summed E-state index contributed by atoms with van der Waals surface area (Å²) in [6.07, 6.45) is 1.28. The average Bonchev–Trinajstić information content (AvgIpc) is 2.40. The zero-order valence-corrected chi connectivity index (χ0v) is 12.6. The van der Waals surface area contributed by atoms with Gasteiger partial charge >= 0.3 is 0 Å². The number of guanidine groups is 1. The van der Waals surface area contributed by atoms with Crippen molar-refractivity contribution in [1.82, 2.24) is 10.2 Å². The summed E-state index contributed by atoms with van der Waals surface area (Å²) in [6.45, 7) is 7.35. The van der Waals surface area contributed by atoms with Crippen LogP contribution in [0.3, 0.4) is 0 Å². The molecule has 0 radical (unpaired) electrons. The van der Waals surface area contributed by atoms with Gasteiger partial charge in [0, 0.05) is 26.7 Å². The molecule has 0 amide bonds. The molecule has 110 valence electrons. The zero-order chi connectivity index (χ0) is 14.5. The molecule has 0 bridgehead atoms. The summed E-state index contributed by atoms with van der Waals surface area (Å²) < 4.78 is 12.9. The fourth-order valence-corrected chi connectivity index (χ4v) is 2.95. The van der Waals surface area contributed by atoms with E-state index < -0.39 is 0 Å². The summed E-state index contributed by atoms with van der Waals surface area (Å²) in [4.78, 5) is 6.69. The Kier molecular flexibility index (Phi) is 4.99. The van der Waals surface area contributed by atoms with E-state index in [-0.39, 0.29) is 5.82 Å². The predicted octanol–water partition coefficient (Wildman–Crippen LogP) is 2.88. The molecular weight excluding hydrogens is 253 g/mol. The molecule has 2 rings (SSSR count). The SMILES string of the molecule is CN=C(NCc1ccc(F)cc1)N1CC(C)CC(C)C1. The van der Waals surface area contributed by atoms with E-state index in [1.165, 1.54) is 18.6 Å². The fraction of sp³-hybridized carbons (Fsp3) is 0.562. The average molecular weight is 277 g/mol. The Bertz CT molecular complexity index is 445. The second kappa shape index (κ2) is 6.73. The first-order chi connectivity index (χ1) is 9.58. The van der Waals surface area contributed by atoms with Gasteiger partial charge in [0.15, 0.2) is 5.96 Å². The lowest BCUT2D eigenvalue weighted by Crippen LogP contribution is -2.48. The molecule has 0 aliphatic carbocycles. The quantitative estimate of drug-likeness (QED) is 0.665. The first kappa shape index (κ1) is 14.8. The van der Waals surface area contributed by atoms with E-state index in [1.54, 1.807) is 12.1 Å². The van der Waals surface area contributed by atoms with Crippen LogP contribution in [-0.2, 0) is 6.54 Å². The van der Waals surface area contributed by atoms with Crippen molar-refractivity contribution in [3.05, 3.63) is 35.6 Å². The first-order valence-electron chi connectivity index (χ1n) is 7.28. The first-order valence-corrected chi connectivity index (χ1v) is 7.28. The van der Waals surface area contributed by atoms with Crippen LogP contribution in [0.15, 0.2) is 29.3 Å². The highest BCUT2D eigenvalue weighted by Gasteiger charge is 2.23. The van der Waals surface area contributed by atoms with Crippen molar-refractivity contribution in [1.29, 1.82) is 0 Å². The van der Waals surface area contributed by atoms with Crippen LogP contribution in [0.1, 0.15) is 25.8 Å². The van der Waals surface area contributed by atoms with Gasteiger partial charge in [-0.3, -0.25) is 4.99 Å². The van der Waals surface area contributed by atoms with Crippen molar-refractivity contribution < 1.29 is 4.39 Å². The molecule has 1 fully saturated rings. The lowest BCUT2D eigenvalue weighted by molar-refractivity contribution is 0.208. The van der Waals surface area contributed by atoms with Crippen LogP contribution < -0.4 is 5.32 Å². The second-order valence-corrected chi connectivity index (χ2v) is 5.88. The van der Waals surface area contributed by atoms with Gasteiger partial charge in [0.25, 0.3) is 0 Å². The van der Waals surface area contributed by atoms with Crippen molar-refractivity contribution in [3.63, 3.8) is 0 Å². The number of aliphatic imine (C=N–C) groups is 1. The number of piperidine rings is 1. The third-order valence-corrected chi connectivity index (χ3v) is 3.74. The van der Waals surface area contributed by atoms with Gasteiger partial charge < -0.3 is 10.2 Å². The molecule has 3 nitrogen and oxygen atoms in total. The van der Waals surface area contributed by atoms with Crippen molar-refractivity contribution >= 4 is 5.96 Å². The highest BCUT2D eigenvalue weighted by atomic mass is 19.1. The minimum Gasteiger partial charge on any atom is -0.352 e. The Labute approximate surface area is 120 Å². The van der Waals surface area contributed by atoms with E-state index in [9.17, 15) is 4.39 Å². The third kappa shape index (κ3) is 3.95. The lowest BCUT2D eigenvalue weighted by Gasteiger charge is -2.37. The number of likely N-dealkylation sites (tertiary alicyclic amines) is 1. The summed E-state index contributed by atoms with van der Waals surface area (Å²) in [5, 5.41) is 3.37. The molecule has 1 aliphatic heterocycles. The molecule has 20 heavy (non-hydrogen) atoms. The van der Waals surface area contributed by atoms with Gasteiger partial charge in [0.1, 0.15) is 5.82 Å². The number of benzene rings is 1. The van der Waals surface area contributed by atoms with Crippen LogP contribution in [0.25, 0.3) is 0 Å². The second-order valence-electron chi connectivity index (χ2n) is 5.88. The number of hydrogen-bond acceptors (Lipinski definition) is 1. The molecule has 1 aromatic rings. The van der Waals surface area contributed by atoms with Crippen molar-refractivity contribution in [2.45, 2.75) is 26.8 Å². The van der Waals surface area contributed by atoms with Crippen molar-refractivity contribution in [3.8, 4) is 0 Å². The summed E-state index contributed by atoms with van der Waals surface area (Å²) in [6, 6.07) is 6.59. The van der Waals surface area contributed by atoms with Crippen molar-refractivity contribution in [2.24, 2.45) is 16.8 Å². The molecule has 1 aromatic carbocycles. The molecule has 0 aromatic heterocycles. The number of nitrogens with zero attached hydrogens (tertiary/aromatic N) is 2. The molecule has 0 spiro atoms. The maximum atomic E-state index is 12.9. The molecule has 1 aliphatic rings. The Morgan fingerprint density at radius 1 is 1.25 bits per heavy atom. The largest absolute Gasteiger partial charge is 0.352 e. The molecule has 1 heterocycles. The fourth-order valence-electron chi connectivity index (χ4n) is 2.95. The van der Waals surface area contributed by atoms with Gasteiger partial charge in [-0.2, -0.15) is 0 Å². The van der Waals surface area contributed by atoms with Gasteiger partial charge in [-0.05, 0) is 36.0 Å². The molecule has 0 saturated carbocycles. The van der Waals surface area contributed by atoms with Crippen LogP contribution in [0.4, 0.5) is 4.39 Å². The van der Waals surface area contributed by atoms with E-state index in [0.717, 1.165) is 24.6 Å². The maximum absolute atomic E-state index is 12.9. The minimum absolute atomic E-state index is 0.197. The monoisotopic (exact) mass is 277 g/mol. The molecule has 4 heteroatoms. The third-order valence-electron chi connectivity index (χ3n) is 3.74. The number of hydrogen-bond donors (Lipinski definition) is 1. The van der Waals surface area contributed by atoms with Gasteiger partial charge in [-0.15, -0.1) is 0 Å². The van der Waals surface area contributed by atoms with E-state index in [1.807, 2.05) is 7.05 Å². The summed E-state index contributed by atoms with van der Waals surface area (Å²) in [5.41, 5.74) is 1.06. The molecule has 2 unspecified atom stereocenters. The highest BCUT2D eigenvalue weighted by Crippen LogP contribution is 2.20. The predicted molar refractivity (Wildman–Crippen MR) is 81.1 cm³/mol. The minimum atomic E-state index is -0.197. The van der Waals surface area contributed by atoms with Gasteiger partial charge in [-0.1, -0.05) is 26.0 Å². The number of halogens is 1. The van der Waals surface area contributed by atoms with E-state index in [0.29, 0.717) is 18.4 Å². The summed E-state index contributed by atoms with van der Waals surface area (Å²) in [5.74, 6) is 2.13. The number of nitrogens with one attached hydrogen (secondary N) is 1. The molecular formula is C16H24FN3. The van der Waals surface area contributed by atoms with Crippen LogP contribution in [0.5, 0.6) is 0 Å². The van der Waals surface area contributed by atoms with E-state index in [4.69, 9.17) is 0 Å². The smallest absolute Gasteiger partial charge is 0.193 e. The Morgan fingerprint density at radius 3 is 2.40 bits per heavy atom. The van der Waals surface area contributed by atoms with Crippen LogP contribution in [0.2, 0.25) is 0 Å². The highest BCUT2D eigenvalue weighted by molar-refractivity contribution is 5.80. The lowest BCUT2D eigenvalue weighted by atomic mass is 9.92.